The molecular formula is C40H40N4O11. The molecule has 55 heavy (non-hydrogen) atoms. The van der Waals surface area contributed by atoms with Crippen molar-refractivity contribution in [3.63, 3.8) is 0 Å². The normalized spacial score (nSPS) is 10.0. The number of hydrogen-bond donors (Lipinski definition) is 6. The molecular weight excluding hydrogens is 712 g/mol. The summed E-state index contributed by atoms with van der Waals surface area (Å²) in [4.78, 5) is 51.8. The van der Waals surface area contributed by atoms with Crippen molar-refractivity contribution in [1.29, 1.82) is 0 Å². The van der Waals surface area contributed by atoms with Crippen LogP contribution in [0, 0.1) is 13.8 Å². The van der Waals surface area contributed by atoms with Gasteiger partial charge in [-0.15, -0.1) is 0 Å². The first-order valence-corrected chi connectivity index (χ1v) is 16.1. The highest BCUT2D eigenvalue weighted by Gasteiger charge is 2.20. The van der Waals surface area contributed by atoms with Crippen molar-refractivity contribution in [2.75, 3.05) is 20.2 Å². The Morgan fingerprint density at radius 2 is 1.05 bits per heavy atom. The van der Waals surface area contributed by atoms with E-state index in [-0.39, 0.29) is 36.9 Å². The Hall–Kier alpha value is -7.26. The van der Waals surface area contributed by atoms with Crippen LogP contribution in [-0.4, -0.2) is 74.4 Å². The fraction of sp³-hybridized carbons (Fsp3) is 0.150. The number of aryl methyl sites for hydroxylation is 2. The van der Waals surface area contributed by atoms with Crippen LogP contribution in [0.5, 0.6) is 34.5 Å². The Bertz CT molecular complexity index is 2300. The van der Waals surface area contributed by atoms with Gasteiger partial charge in [0.15, 0.2) is 22.9 Å². The van der Waals surface area contributed by atoms with Crippen molar-refractivity contribution in [3.05, 3.63) is 120 Å². The molecule has 15 nitrogen and oxygen atoms in total. The van der Waals surface area contributed by atoms with E-state index >= 15 is 0 Å². The van der Waals surface area contributed by atoms with Crippen LogP contribution in [-0.2, 0) is 14.3 Å². The standard InChI is InChI=1S/C19H16N2O5.C18H15NO4.C2H5NO2.CH4/c1-11-15-9-13(26-12-5-3-2-4-6-12)7-8-14(15)18(24)17(21-11)19(25)20-10-16(22)23;1-11-15-10-13(23-12-6-4-3-5-7-12)8-9-14(15)17(20)16(19-11)18(21)22-2;3-1-2(4)5;/h2-9,24H,10H2,1H3,(H,20,25)(H,22,23);3-10,20H,1-2H3;1,3H2,(H,4,5);1H4. The lowest BCUT2D eigenvalue weighted by molar-refractivity contribution is -0.136. The predicted octanol–water partition coefficient (Wildman–Crippen LogP) is 6.35. The number of para-hydroxylation sites is 2. The summed E-state index contributed by atoms with van der Waals surface area (Å²) in [5.74, 6) is -1.49. The van der Waals surface area contributed by atoms with Crippen LogP contribution in [0.3, 0.4) is 0 Å². The SMILES string of the molecule is C.COC(=O)c1nc(C)c2cc(Oc3ccccc3)ccc2c1O.Cc1nc(C(=O)NCC(=O)O)c(O)c2ccc(Oc3ccccc3)cc12.NCC(=O)O. The van der Waals surface area contributed by atoms with Crippen molar-refractivity contribution in [2.45, 2.75) is 21.3 Å². The molecule has 0 spiro atoms. The number of amides is 1. The lowest BCUT2D eigenvalue weighted by Gasteiger charge is -2.12. The maximum Gasteiger partial charge on any atom is 0.360 e. The number of methoxy groups -OCH3 is 1. The summed E-state index contributed by atoms with van der Waals surface area (Å²) in [6, 6.07) is 28.9. The molecule has 0 aliphatic heterocycles. The summed E-state index contributed by atoms with van der Waals surface area (Å²) >= 11 is 0. The molecule has 0 aliphatic carbocycles. The number of nitrogens with zero attached hydrogens (tertiary/aromatic N) is 2. The number of pyridine rings is 2. The molecule has 0 bridgehead atoms. The van der Waals surface area contributed by atoms with Gasteiger partial charge >= 0.3 is 17.9 Å². The van der Waals surface area contributed by atoms with Gasteiger partial charge in [0.05, 0.1) is 13.7 Å². The van der Waals surface area contributed by atoms with Gasteiger partial charge in [0.2, 0.25) is 0 Å². The highest BCUT2D eigenvalue weighted by atomic mass is 16.5. The van der Waals surface area contributed by atoms with Crippen LogP contribution in [0.25, 0.3) is 21.5 Å². The number of aromatic nitrogens is 2. The smallest absolute Gasteiger partial charge is 0.360 e. The number of nitrogens with two attached hydrogens (primary N) is 1. The van der Waals surface area contributed by atoms with Gasteiger partial charge in [0.25, 0.3) is 5.91 Å². The predicted molar refractivity (Wildman–Crippen MR) is 204 cm³/mol. The van der Waals surface area contributed by atoms with E-state index in [4.69, 9.17) is 19.7 Å². The van der Waals surface area contributed by atoms with Gasteiger partial charge in [0.1, 0.15) is 29.5 Å². The maximum atomic E-state index is 12.1. The number of carbonyl (C=O) groups excluding carboxylic acids is 2. The van der Waals surface area contributed by atoms with Crippen molar-refractivity contribution < 1.29 is 53.8 Å². The third-order valence-corrected chi connectivity index (χ3v) is 7.41. The molecule has 7 N–H and O–H groups in total. The Kier molecular flexibility index (Phi) is 15.0. The third kappa shape index (κ3) is 11.1. The van der Waals surface area contributed by atoms with E-state index in [9.17, 15) is 29.4 Å². The Labute approximate surface area is 315 Å². The number of rotatable bonds is 9. The molecule has 286 valence electrons. The van der Waals surface area contributed by atoms with Gasteiger partial charge in [-0.25, -0.2) is 14.8 Å². The van der Waals surface area contributed by atoms with E-state index in [1.54, 1.807) is 50.2 Å². The summed E-state index contributed by atoms with van der Waals surface area (Å²) in [7, 11) is 1.25. The topological polar surface area (TPSA) is 241 Å². The fourth-order valence-corrected chi connectivity index (χ4v) is 4.89. The molecule has 15 heteroatoms. The van der Waals surface area contributed by atoms with E-state index in [0.717, 1.165) is 0 Å². The molecule has 4 aromatic carbocycles. The number of carboxylic acid groups (broad SMARTS) is 2. The molecule has 1 amide bonds. The van der Waals surface area contributed by atoms with Crippen LogP contribution in [0.15, 0.2) is 97.1 Å². The average molecular weight is 753 g/mol. The van der Waals surface area contributed by atoms with Crippen LogP contribution in [0.1, 0.15) is 39.8 Å². The second kappa shape index (κ2) is 19.5. The van der Waals surface area contributed by atoms with Crippen molar-refractivity contribution in [3.8, 4) is 34.5 Å². The van der Waals surface area contributed by atoms with Crippen molar-refractivity contribution in [2.24, 2.45) is 5.73 Å². The Balaban J connectivity index is 0.000000260. The molecule has 0 saturated carbocycles. The first kappa shape index (κ1) is 42.2. The van der Waals surface area contributed by atoms with Crippen LogP contribution < -0.4 is 20.5 Å². The van der Waals surface area contributed by atoms with E-state index in [0.29, 0.717) is 55.9 Å². The zero-order chi connectivity index (χ0) is 39.4. The molecule has 2 aromatic heterocycles. The number of aromatic hydroxyl groups is 2. The number of carboxylic acids is 2. The largest absolute Gasteiger partial charge is 0.505 e. The maximum absolute atomic E-state index is 12.1. The summed E-state index contributed by atoms with van der Waals surface area (Å²) in [6.45, 7) is 2.63. The second-order valence-corrected chi connectivity index (χ2v) is 11.2. The van der Waals surface area contributed by atoms with Gasteiger partial charge in [-0.05, 0) is 74.5 Å². The number of carbonyl (C=O) groups is 4. The van der Waals surface area contributed by atoms with E-state index in [2.05, 4.69) is 25.8 Å². The first-order chi connectivity index (χ1) is 25.8. The minimum absolute atomic E-state index is 0. The highest BCUT2D eigenvalue weighted by molar-refractivity contribution is 6.03. The summed E-state index contributed by atoms with van der Waals surface area (Å²) in [6.07, 6.45) is 0. The third-order valence-electron chi connectivity index (χ3n) is 7.41. The minimum Gasteiger partial charge on any atom is -0.505 e. The van der Waals surface area contributed by atoms with Gasteiger partial charge in [-0.1, -0.05) is 43.8 Å². The second-order valence-electron chi connectivity index (χ2n) is 11.2. The van der Waals surface area contributed by atoms with Gasteiger partial charge in [0, 0.05) is 32.9 Å². The Morgan fingerprint density at radius 1 is 0.636 bits per heavy atom. The number of hydrogen-bond acceptors (Lipinski definition) is 12. The minimum atomic E-state index is -1.18. The fourth-order valence-electron chi connectivity index (χ4n) is 4.89. The lowest BCUT2D eigenvalue weighted by atomic mass is 10.1. The monoisotopic (exact) mass is 752 g/mol. The zero-order valence-corrected chi connectivity index (χ0v) is 29.3. The molecule has 0 fully saturated rings. The summed E-state index contributed by atoms with van der Waals surface area (Å²) in [5, 5.41) is 41.4. The molecule has 2 heterocycles. The van der Waals surface area contributed by atoms with Crippen LogP contribution in [0.4, 0.5) is 0 Å². The summed E-state index contributed by atoms with van der Waals surface area (Å²) < 4.78 is 16.2. The number of ether oxygens (including phenoxy) is 3. The molecule has 0 radical (unpaired) electrons. The number of fused-ring (bicyclic) bond motifs is 2. The summed E-state index contributed by atoms with van der Waals surface area (Å²) in [5.41, 5.74) is 5.39. The number of nitrogens with one attached hydrogen (secondary N) is 1. The molecule has 0 atom stereocenters. The number of esters is 1. The Morgan fingerprint density at radius 3 is 1.45 bits per heavy atom. The average Bonchev–Trinajstić information content (AvgIpc) is 3.17. The van der Waals surface area contributed by atoms with Gasteiger partial charge < -0.3 is 45.7 Å². The van der Waals surface area contributed by atoms with Crippen molar-refractivity contribution >= 4 is 45.4 Å². The molecule has 6 aromatic rings. The van der Waals surface area contributed by atoms with Crippen LogP contribution in [0.2, 0.25) is 0 Å². The van der Waals surface area contributed by atoms with E-state index in [1.165, 1.54) is 7.11 Å². The highest BCUT2D eigenvalue weighted by Crippen LogP contribution is 2.35. The van der Waals surface area contributed by atoms with Crippen molar-refractivity contribution in [1.82, 2.24) is 15.3 Å². The van der Waals surface area contributed by atoms with Gasteiger partial charge in [-0.3, -0.25) is 14.4 Å². The quantitative estimate of drug-likeness (QED) is 0.0883. The lowest BCUT2D eigenvalue weighted by Crippen LogP contribution is -2.30. The number of aliphatic carboxylic acids is 2. The number of benzene rings is 4. The van der Waals surface area contributed by atoms with Crippen LogP contribution >= 0.6 is 0 Å². The van der Waals surface area contributed by atoms with Gasteiger partial charge in [-0.2, -0.15) is 0 Å². The van der Waals surface area contributed by atoms with E-state index in [1.807, 2.05) is 60.7 Å². The van der Waals surface area contributed by atoms with E-state index < -0.39 is 30.4 Å². The zero-order valence-electron chi connectivity index (χ0n) is 29.3. The molecule has 0 saturated heterocycles. The molecule has 0 aliphatic rings. The molecule has 0 unspecified atom stereocenters. The first-order valence-electron chi connectivity index (χ1n) is 16.1. The molecule has 6 rings (SSSR count).